The molecule has 0 aliphatic heterocycles. The fourth-order valence-corrected chi connectivity index (χ4v) is 1.36. The highest BCUT2D eigenvalue weighted by Gasteiger charge is 2.14. The summed E-state index contributed by atoms with van der Waals surface area (Å²) in [7, 11) is 1.35. The number of rotatable bonds is 3. The molecule has 4 heteroatoms. The SMILES string of the molecule is COC(=O)C(C)Cc1ccc(F)c(N)c1. The fourth-order valence-electron chi connectivity index (χ4n) is 1.36. The lowest BCUT2D eigenvalue weighted by atomic mass is 10.0. The maximum absolute atomic E-state index is 12.8. The lowest BCUT2D eigenvalue weighted by Gasteiger charge is -2.09. The minimum atomic E-state index is -0.440. The second-order valence-electron chi connectivity index (χ2n) is 3.48. The maximum atomic E-state index is 12.8. The van der Waals surface area contributed by atoms with Crippen molar-refractivity contribution in [2.45, 2.75) is 13.3 Å². The van der Waals surface area contributed by atoms with E-state index in [0.717, 1.165) is 5.56 Å². The van der Waals surface area contributed by atoms with E-state index in [9.17, 15) is 9.18 Å². The summed E-state index contributed by atoms with van der Waals surface area (Å²) in [6.45, 7) is 1.76. The number of nitrogens with two attached hydrogens (primary N) is 1. The van der Waals surface area contributed by atoms with Crippen LogP contribution < -0.4 is 5.73 Å². The van der Waals surface area contributed by atoms with Gasteiger partial charge in [0.25, 0.3) is 0 Å². The molecule has 0 amide bonds. The first-order valence-corrected chi connectivity index (χ1v) is 4.66. The van der Waals surface area contributed by atoms with Crippen LogP contribution in [0.2, 0.25) is 0 Å². The number of esters is 1. The molecule has 1 aromatic carbocycles. The molecule has 0 saturated heterocycles. The van der Waals surface area contributed by atoms with Crippen LogP contribution in [-0.2, 0) is 16.0 Å². The number of halogens is 1. The molecule has 1 rings (SSSR count). The van der Waals surface area contributed by atoms with E-state index in [1.807, 2.05) is 0 Å². The molecule has 0 fully saturated rings. The third-order valence-corrected chi connectivity index (χ3v) is 2.21. The van der Waals surface area contributed by atoms with Crippen molar-refractivity contribution < 1.29 is 13.9 Å². The van der Waals surface area contributed by atoms with Gasteiger partial charge in [0.2, 0.25) is 0 Å². The molecule has 0 radical (unpaired) electrons. The summed E-state index contributed by atoms with van der Waals surface area (Å²) < 4.78 is 17.4. The van der Waals surface area contributed by atoms with Crippen molar-refractivity contribution in [1.29, 1.82) is 0 Å². The number of anilines is 1. The second-order valence-corrected chi connectivity index (χ2v) is 3.48. The van der Waals surface area contributed by atoms with E-state index in [2.05, 4.69) is 4.74 Å². The van der Waals surface area contributed by atoms with Crippen LogP contribution in [0, 0.1) is 11.7 Å². The maximum Gasteiger partial charge on any atom is 0.308 e. The second kappa shape index (κ2) is 4.77. The van der Waals surface area contributed by atoms with Gasteiger partial charge in [-0.25, -0.2) is 4.39 Å². The molecular weight excluding hydrogens is 197 g/mol. The summed E-state index contributed by atoms with van der Waals surface area (Å²) in [6.07, 6.45) is 0.497. The Labute approximate surface area is 88.0 Å². The normalized spacial score (nSPS) is 12.2. The minimum Gasteiger partial charge on any atom is -0.469 e. The molecule has 1 aromatic rings. The number of hydrogen-bond acceptors (Lipinski definition) is 3. The molecule has 0 spiro atoms. The van der Waals surface area contributed by atoms with Gasteiger partial charge < -0.3 is 10.5 Å². The van der Waals surface area contributed by atoms with Crippen molar-refractivity contribution in [2.75, 3.05) is 12.8 Å². The third-order valence-electron chi connectivity index (χ3n) is 2.21. The van der Waals surface area contributed by atoms with Crippen LogP contribution in [0.25, 0.3) is 0 Å². The summed E-state index contributed by atoms with van der Waals surface area (Å²) in [5.41, 5.74) is 6.34. The van der Waals surface area contributed by atoms with Crippen molar-refractivity contribution in [1.82, 2.24) is 0 Å². The zero-order valence-electron chi connectivity index (χ0n) is 8.79. The van der Waals surface area contributed by atoms with Gasteiger partial charge in [0.15, 0.2) is 0 Å². The van der Waals surface area contributed by atoms with Gasteiger partial charge in [-0.05, 0) is 24.1 Å². The van der Waals surface area contributed by atoms with Gasteiger partial charge in [-0.2, -0.15) is 0 Å². The predicted octanol–water partition coefficient (Wildman–Crippen LogP) is 1.76. The molecule has 1 unspecified atom stereocenters. The Balaban J connectivity index is 2.73. The quantitative estimate of drug-likeness (QED) is 0.612. The van der Waals surface area contributed by atoms with Gasteiger partial charge in [-0.1, -0.05) is 13.0 Å². The predicted molar refractivity (Wildman–Crippen MR) is 55.7 cm³/mol. The Morgan fingerprint density at radius 2 is 2.27 bits per heavy atom. The lowest BCUT2D eigenvalue weighted by molar-refractivity contribution is -0.144. The molecule has 0 aliphatic carbocycles. The molecule has 0 bridgehead atoms. The highest BCUT2D eigenvalue weighted by atomic mass is 19.1. The summed E-state index contributed by atoms with van der Waals surface area (Å²) in [4.78, 5) is 11.1. The molecule has 82 valence electrons. The van der Waals surface area contributed by atoms with E-state index in [0.29, 0.717) is 6.42 Å². The molecule has 0 heterocycles. The number of carbonyl (C=O) groups excluding carboxylic acids is 1. The highest BCUT2D eigenvalue weighted by Crippen LogP contribution is 2.16. The van der Waals surface area contributed by atoms with Crippen LogP contribution >= 0.6 is 0 Å². The largest absolute Gasteiger partial charge is 0.469 e. The van der Waals surface area contributed by atoms with Gasteiger partial charge in [0, 0.05) is 0 Å². The van der Waals surface area contributed by atoms with Crippen molar-refractivity contribution in [2.24, 2.45) is 5.92 Å². The van der Waals surface area contributed by atoms with Crippen LogP contribution in [0.5, 0.6) is 0 Å². The van der Waals surface area contributed by atoms with E-state index in [4.69, 9.17) is 5.73 Å². The number of nitrogen functional groups attached to an aromatic ring is 1. The van der Waals surface area contributed by atoms with Crippen LogP contribution in [0.4, 0.5) is 10.1 Å². The highest BCUT2D eigenvalue weighted by molar-refractivity contribution is 5.72. The fraction of sp³-hybridized carbons (Fsp3) is 0.364. The lowest BCUT2D eigenvalue weighted by Crippen LogP contribution is -2.15. The number of methoxy groups -OCH3 is 1. The average Bonchev–Trinajstić information content (AvgIpc) is 2.22. The first-order valence-electron chi connectivity index (χ1n) is 4.66. The smallest absolute Gasteiger partial charge is 0.308 e. The number of benzene rings is 1. The van der Waals surface area contributed by atoms with Crippen LogP contribution in [0.15, 0.2) is 18.2 Å². The molecule has 0 aliphatic rings. The Bertz CT molecular complexity index is 366. The van der Waals surface area contributed by atoms with Crippen LogP contribution in [-0.4, -0.2) is 13.1 Å². The monoisotopic (exact) mass is 211 g/mol. The first kappa shape index (κ1) is 11.5. The molecular formula is C11H14FNO2. The van der Waals surface area contributed by atoms with Crippen LogP contribution in [0.3, 0.4) is 0 Å². The standard InChI is InChI=1S/C11H14FNO2/c1-7(11(14)15-2)5-8-3-4-9(12)10(13)6-8/h3-4,6-7H,5,13H2,1-2H3. The topological polar surface area (TPSA) is 52.3 Å². The third kappa shape index (κ3) is 2.94. The number of ether oxygens (including phenoxy) is 1. The van der Waals surface area contributed by atoms with Gasteiger partial charge in [0.05, 0.1) is 18.7 Å². The van der Waals surface area contributed by atoms with E-state index >= 15 is 0 Å². The Morgan fingerprint density at radius 3 is 2.80 bits per heavy atom. The van der Waals surface area contributed by atoms with Crippen molar-refractivity contribution >= 4 is 11.7 Å². The summed E-state index contributed by atoms with van der Waals surface area (Å²) >= 11 is 0. The molecule has 15 heavy (non-hydrogen) atoms. The van der Waals surface area contributed by atoms with E-state index in [-0.39, 0.29) is 17.6 Å². The van der Waals surface area contributed by atoms with Crippen molar-refractivity contribution in [3.8, 4) is 0 Å². The molecule has 1 atom stereocenters. The number of hydrogen-bond donors (Lipinski definition) is 1. The van der Waals surface area contributed by atoms with Gasteiger partial charge in [-0.15, -0.1) is 0 Å². The summed E-state index contributed by atoms with van der Waals surface area (Å²) in [6, 6.07) is 4.45. The summed E-state index contributed by atoms with van der Waals surface area (Å²) in [5.74, 6) is -0.970. The van der Waals surface area contributed by atoms with Crippen LogP contribution in [0.1, 0.15) is 12.5 Å². The zero-order chi connectivity index (χ0) is 11.4. The van der Waals surface area contributed by atoms with Crippen molar-refractivity contribution in [3.63, 3.8) is 0 Å². The zero-order valence-corrected chi connectivity index (χ0v) is 8.79. The first-order chi connectivity index (χ1) is 7.04. The number of carbonyl (C=O) groups is 1. The van der Waals surface area contributed by atoms with E-state index < -0.39 is 5.82 Å². The van der Waals surface area contributed by atoms with E-state index in [1.165, 1.54) is 19.2 Å². The van der Waals surface area contributed by atoms with Crippen molar-refractivity contribution in [3.05, 3.63) is 29.6 Å². The molecule has 2 N–H and O–H groups in total. The Kier molecular flexibility index (Phi) is 3.66. The summed E-state index contributed by atoms with van der Waals surface area (Å²) in [5, 5.41) is 0. The molecule has 0 saturated carbocycles. The van der Waals surface area contributed by atoms with Gasteiger partial charge in [0.1, 0.15) is 5.82 Å². The Hall–Kier alpha value is -1.58. The Morgan fingerprint density at radius 1 is 1.60 bits per heavy atom. The average molecular weight is 211 g/mol. The van der Waals surface area contributed by atoms with Gasteiger partial charge in [-0.3, -0.25) is 4.79 Å². The van der Waals surface area contributed by atoms with Gasteiger partial charge >= 0.3 is 5.97 Å². The van der Waals surface area contributed by atoms with E-state index in [1.54, 1.807) is 13.0 Å². The molecule has 0 aromatic heterocycles. The molecule has 3 nitrogen and oxygen atoms in total. The minimum absolute atomic E-state index is 0.101.